The fourth-order valence-corrected chi connectivity index (χ4v) is 2.49. The summed E-state index contributed by atoms with van der Waals surface area (Å²) < 4.78 is 0. The van der Waals surface area contributed by atoms with Gasteiger partial charge in [-0.1, -0.05) is 12.1 Å². The first kappa shape index (κ1) is 16.2. The van der Waals surface area contributed by atoms with E-state index in [1.54, 1.807) is 12.1 Å². The molecule has 1 aliphatic rings. The van der Waals surface area contributed by atoms with E-state index in [-0.39, 0.29) is 28.1 Å². The number of carbonyl (C=O) groups excluding carboxylic acids is 3. The smallest absolute Gasteiger partial charge is 0.335 e. The normalized spacial score (nSPS) is 12.9. The fourth-order valence-electron chi connectivity index (χ4n) is 2.49. The lowest BCUT2D eigenvalue weighted by Crippen LogP contribution is -2.37. The topological polar surface area (TPSA) is 124 Å². The molecule has 3 rings (SSSR count). The van der Waals surface area contributed by atoms with Crippen molar-refractivity contribution in [2.75, 3.05) is 11.9 Å². The highest BCUT2D eigenvalue weighted by molar-refractivity contribution is 6.22. The highest BCUT2D eigenvalue weighted by atomic mass is 16.4. The summed E-state index contributed by atoms with van der Waals surface area (Å²) in [6.45, 7) is -0.552. The molecule has 0 fully saturated rings. The van der Waals surface area contributed by atoms with Crippen molar-refractivity contribution in [2.45, 2.75) is 0 Å². The van der Waals surface area contributed by atoms with Gasteiger partial charge >= 0.3 is 5.97 Å². The molecule has 0 atom stereocenters. The Bertz CT molecular complexity index is 886. The van der Waals surface area contributed by atoms with Gasteiger partial charge in [0, 0.05) is 0 Å². The quantitative estimate of drug-likeness (QED) is 0.570. The Labute approximate surface area is 141 Å². The van der Waals surface area contributed by atoms with Crippen LogP contribution in [0, 0.1) is 0 Å². The Balaban J connectivity index is 1.76. The third-order valence-corrected chi connectivity index (χ3v) is 3.70. The van der Waals surface area contributed by atoms with E-state index in [1.807, 2.05) is 0 Å². The number of rotatable bonds is 4. The summed E-state index contributed by atoms with van der Waals surface area (Å²) in [5, 5.41) is 21.0. The van der Waals surface area contributed by atoms with Gasteiger partial charge in [0.1, 0.15) is 12.3 Å². The van der Waals surface area contributed by atoms with Crippen LogP contribution in [0.15, 0.2) is 42.5 Å². The van der Waals surface area contributed by atoms with Gasteiger partial charge in [-0.3, -0.25) is 19.3 Å². The van der Waals surface area contributed by atoms with Crippen molar-refractivity contribution in [1.82, 2.24) is 4.90 Å². The number of benzene rings is 2. The first-order chi connectivity index (χ1) is 11.9. The molecule has 2 aromatic carbocycles. The number of hydrogen-bond donors (Lipinski definition) is 3. The number of carboxylic acids is 1. The minimum Gasteiger partial charge on any atom is -0.506 e. The molecule has 1 heterocycles. The van der Waals surface area contributed by atoms with E-state index in [0.717, 1.165) is 17.0 Å². The van der Waals surface area contributed by atoms with Crippen LogP contribution in [0.25, 0.3) is 0 Å². The molecule has 8 nitrogen and oxygen atoms in total. The van der Waals surface area contributed by atoms with E-state index >= 15 is 0 Å². The molecule has 0 radical (unpaired) electrons. The van der Waals surface area contributed by atoms with E-state index in [0.29, 0.717) is 0 Å². The summed E-state index contributed by atoms with van der Waals surface area (Å²) in [5.74, 6) is -3.47. The maximum absolute atomic E-state index is 12.2. The molecule has 0 spiro atoms. The zero-order valence-corrected chi connectivity index (χ0v) is 12.7. The molecule has 0 aliphatic carbocycles. The predicted molar refractivity (Wildman–Crippen MR) is 85.5 cm³/mol. The zero-order chi connectivity index (χ0) is 18.1. The summed E-state index contributed by atoms with van der Waals surface area (Å²) in [5.41, 5.74) is 0.183. The van der Waals surface area contributed by atoms with Crippen molar-refractivity contribution < 1.29 is 29.4 Å². The van der Waals surface area contributed by atoms with Gasteiger partial charge in [0.25, 0.3) is 11.8 Å². The molecular formula is C17H12N2O6. The van der Waals surface area contributed by atoms with Crippen molar-refractivity contribution >= 4 is 29.4 Å². The van der Waals surface area contributed by atoms with Crippen LogP contribution in [0.5, 0.6) is 5.75 Å². The Hall–Kier alpha value is -3.68. The van der Waals surface area contributed by atoms with Crippen LogP contribution >= 0.6 is 0 Å². The standard InChI is InChI=1S/C17H12N2O6/c20-13-6-5-9(17(24)25)7-12(13)18-14(21)8-19-15(22)10-3-1-2-4-11(10)16(19)23/h1-7,20H,8H2,(H,18,21)(H,24,25). The highest BCUT2D eigenvalue weighted by Crippen LogP contribution is 2.25. The maximum Gasteiger partial charge on any atom is 0.335 e. The second-order valence-corrected chi connectivity index (χ2v) is 5.33. The van der Waals surface area contributed by atoms with Crippen LogP contribution in [0.3, 0.4) is 0 Å². The average Bonchev–Trinajstić information content (AvgIpc) is 2.82. The molecule has 2 aromatic rings. The first-order valence-corrected chi connectivity index (χ1v) is 7.20. The van der Waals surface area contributed by atoms with Crippen LogP contribution in [0.1, 0.15) is 31.1 Å². The summed E-state index contributed by atoms with van der Waals surface area (Å²) in [4.78, 5) is 48.3. The number of nitrogens with one attached hydrogen (secondary N) is 1. The Kier molecular flexibility index (Phi) is 3.94. The summed E-state index contributed by atoms with van der Waals surface area (Å²) in [6.07, 6.45) is 0. The molecule has 1 aliphatic heterocycles. The zero-order valence-electron chi connectivity index (χ0n) is 12.7. The summed E-state index contributed by atoms with van der Waals surface area (Å²) in [6, 6.07) is 9.60. The Morgan fingerprint density at radius 3 is 2.16 bits per heavy atom. The molecule has 0 saturated heterocycles. The second kappa shape index (κ2) is 6.08. The van der Waals surface area contributed by atoms with Crippen LogP contribution in [-0.2, 0) is 4.79 Å². The number of fused-ring (bicyclic) bond motifs is 1. The monoisotopic (exact) mass is 340 g/mol. The molecule has 3 amide bonds. The maximum atomic E-state index is 12.2. The number of carbonyl (C=O) groups is 4. The van der Waals surface area contributed by atoms with Crippen molar-refractivity contribution in [3.8, 4) is 5.75 Å². The van der Waals surface area contributed by atoms with Gasteiger partial charge in [-0.05, 0) is 30.3 Å². The number of imide groups is 1. The van der Waals surface area contributed by atoms with Gasteiger partial charge < -0.3 is 15.5 Å². The van der Waals surface area contributed by atoms with Gasteiger partial charge in [-0.25, -0.2) is 4.79 Å². The fraction of sp³-hybridized carbons (Fsp3) is 0.0588. The molecule has 126 valence electrons. The van der Waals surface area contributed by atoms with E-state index < -0.39 is 30.2 Å². The van der Waals surface area contributed by atoms with Gasteiger partial charge in [0.15, 0.2) is 0 Å². The van der Waals surface area contributed by atoms with Crippen molar-refractivity contribution in [1.29, 1.82) is 0 Å². The predicted octanol–water partition coefficient (Wildman–Crippen LogP) is 1.33. The third kappa shape index (κ3) is 2.92. The van der Waals surface area contributed by atoms with E-state index in [4.69, 9.17) is 5.11 Å². The number of phenols is 1. The van der Waals surface area contributed by atoms with Gasteiger partial charge in [-0.15, -0.1) is 0 Å². The van der Waals surface area contributed by atoms with Crippen LogP contribution in [0.2, 0.25) is 0 Å². The number of carboxylic acid groups (broad SMARTS) is 1. The highest BCUT2D eigenvalue weighted by Gasteiger charge is 2.36. The van der Waals surface area contributed by atoms with Gasteiger partial charge in [-0.2, -0.15) is 0 Å². The van der Waals surface area contributed by atoms with Gasteiger partial charge in [0.05, 0.1) is 22.4 Å². The average molecular weight is 340 g/mol. The minimum absolute atomic E-state index is 0.124. The first-order valence-electron chi connectivity index (χ1n) is 7.20. The van der Waals surface area contributed by atoms with E-state index in [1.165, 1.54) is 18.2 Å². The van der Waals surface area contributed by atoms with Crippen molar-refractivity contribution in [3.63, 3.8) is 0 Å². The molecule has 0 unspecified atom stereocenters. The molecule has 0 aromatic heterocycles. The van der Waals surface area contributed by atoms with Crippen LogP contribution in [0.4, 0.5) is 5.69 Å². The number of anilines is 1. The number of nitrogens with zero attached hydrogens (tertiary/aromatic N) is 1. The summed E-state index contributed by atoms with van der Waals surface area (Å²) in [7, 11) is 0. The summed E-state index contributed by atoms with van der Waals surface area (Å²) >= 11 is 0. The van der Waals surface area contributed by atoms with E-state index in [9.17, 15) is 24.3 Å². The van der Waals surface area contributed by atoms with Crippen LogP contribution in [-0.4, -0.2) is 45.3 Å². The van der Waals surface area contributed by atoms with Crippen molar-refractivity contribution in [3.05, 3.63) is 59.2 Å². The lowest BCUT2D eigenvalue weighted by Gasteiger charge is -2.14. The molecule has 8 heteroatoms. The lowest BCUT2D eigenvalue weighted by atomic mass is 10.1. The molecule has 0 saturated carbocycles. The number of hydrogen-bond acceptors (Lipinski definition) is 5. The Morgan fingerprint density at radius 2 is 1.60 bits per heavy atom. The third-order valence-electron chi connectivity index (χ3n) is 3.70. The van der Waals surface area contributed by atoms with Crippen LogP contribution < -0.4 is 5.32 Å². The number of aromatic carboxylic acids is 1. The number of phenolic OH excluding ortho intramolecular Hbond substituents is 1. The van der Waals surface area contributed by atoms with E-state index in [2.05, 4.69) is 5.32 Å². The van der Waals surface area contributed by atoms with Gasteiger partial charge in [0.2, 0.25) is 5.91 Å². The molecule has 25 heavy (non-hydrogen) atoms. The minimum atomic E-state index is -1.23. The largest absolute Gasteiger partial charge is 0.506 e. The SMILES string of the molecule is O=C(CN1C(=O)c2ccccc2C1=O)Nc1cc(C(=O)O)ccc1O. The molecular weight excluding hydrogens is 328 g/mol. The number of amides is 3. The lowest BCUT2D eigenvalue weighted by molar-refractivity contribution is -0.116. The molecule has 0 bridgehead atoms. The number of aromatic hydroxyl groups is 1. The molecule has 3 N–H and O–H groups in total. The Morgan fingerprint density at radius 1 is 1.00 bits per heavy atom. The van der Waals surface area contributed by atoms with Crippen molar-refractivity contribution in [2.24, 2.45) is 0 Å². The second-order valence-electron chi connectivity index (χ2n) is 5.33.